The summed E-state index contributed by atoms with van der Waals surface area (Å²) < 4.78 is 0. The summed E-state index contributed by atoms with van der Waals surface area (Å²) in [6.45, 7) is 0. The molecule has 0 aliphatic carbocycles. The smallest absolute Gasteiger partial charge is 0.870 e. The van der Waals surface area contributed by atoms with Gasteiger partial charge in [0, 0.05) is 0 Å². The second-order valence-electron chi connectivity index (χ2n) is 0. The molecule has 0 saturated heterocycles. The van der Waals surface area contributed by atoms with Crippen molar-refractivity contribution < 1.29 is 212 Å². The van der Waals surface area contributed by atoms with Crippen molar-refractivity contribution in [1.82, 2.24) is 0 Å². The number of rotatable bonds is 0. The Hall–Kier alpha value is 3.12. The van der Waals surface area contributed by atoms with Crippen molar-refractivity contribution in [2.24, 2.45) is 0 Å². The van der Waals surface area contributed by atoms with E-state index in [9.17, 15) is 0 Å². The SMILES string of the molecule is [Al+3].[Co+2].[Fe+2].[Ni+2].[OH-].[OH-].[OH-].[OH-].[OH-].[OH-].[OH-].[OH-].[OH-].[OH-].[OH-].[OH-].[OH-].[OH-].[OH-].[OH-].[OH-].[OH-].[OH-].[Ru+3].[V+5].[Zn+2]. The topological polar surface area (TPSA) is 570 Å². The van der Waals surface area contributed by atoms with Crippen LogP contribution in [0, 0.1) is 0 Å². The van der Waals surface area contributed by atoms with Crippen LogP contribution in [0.4, 0.5) is 0 Å². The maximum Gasteiger partial charge on any atom is 5.00 e. The summed E-state index contributed by atoms with van der Waals surface area (Å²) in [5.74, 6) is 0. The van der Waals surface area contributed by atoms with Crippen LogP contribution in [0.5, 0.6) is 0 Å². The van der Waals surface area contributed by atoms with E-state index in [-0.39, 0.29) is 229 Å². The molecule has 26 heteroatoms. The van der Waals surface area contributed by atoms with Gasteiger partial charge in [-0.15, -0.1) is 0 Å². The van der Waals surface area contributed by atoms with Crippen LogP contribution in [0.3, 0.4) is 0 Å². The maximum atomic E-state index is 0. The minimum atomic E-state index is 0. The molecule has 178 valence electrons. The third-order valence-electron chi connectivity index (χ3n) is 0. The Morgan fingerprint density at radius 1 is 0.308 bits per heavy atom. The van der Waals surface area contributed by atoms with Crippen LogP contribution in [-0.2, 0) is 108 Å². The molecule has 0 aliphatic rings. The summed E-state index contributed by atoms with van der Waals surface area (Å²) in [6.07, 6.45) is 0. The normalized spacial score (nSPS) is 0. The summed E-state index contributed by atoms with van der Waals surface area (Å²) in [7, 11) is 0. The number of hydrogen-bond donors (Lipinski definition) is 0. The molecule has 26 heavy (non-hydrogen) atoms. The molecular weight excluding hydrogens is 722 g/mol. The largest absolute Gasteiger partial charge is 5.00 e. The molecule has 0 aromatic rings. The fraction of sp³-hybridized carbons (Fsp3) is 0. The minimum Gasteiger partial charge on any atom is -0.870 e. The molecule has 0 unspecified atom stereocenters. The van der Waals surface area contributed by atoms with Crippen molar-refractivity contribution in [2.45, 2.75) is 0 Å². The maximum absolute atomic E-state index is 0. The van der Waals surface area contributed by atoms with Gasteiger partial charge in [0.05, 0.1) is 0 Å². The molecule has 19 nitrogen and oxygen atoms in total. The monoisotopic (exact) mass is 740 g/mol. The molecule has 0 rings (SSSR count). The van der Waals surface area contributed by atoms with Gasteiger partial charge in [0.1, 0.15) is 0 Å². The molecule has 2 radical (unpaired) electrons. The molecule has 0 heterocycles. The standard InChI is InChI=1S/Al.Co.Fe.Ni.19H2O.Ru.V.Zn/h;;;;19*1H2;;;/q+3;3*+2;;;;;;;;;;;;;;;;;;;;+3;+5;+2/p-19. The first-order chi connectivity index (χ1) is 0. The van der Waals surface area contributed by atoms with E-state index in [1.807, 2.05) is 0 Å². The predicted molar refractivity (Wildman–Crippen MR) is 42.5 cm³/mol. The van der Waals surface area contributed by atoms with Crippen LogP contribution < -0.4 is 0 Å². The van der Waals surface area contributed by atoms with Crippen LogP contribution in [0.25, 0.3) is 0 Å². The van der Waals surface area contributed by atoms with Gasteiger partial charge < -0.3 is 104 Å². The average Bonchev–Trinajstić information content (AvgIpc) is 0. The molecule has 0 aromatic carbocycles. The Morgan fingerprint density at radius 3 is 0.308 bits per heavy atom. The van der Waals surface area contributed by atoms with E-state index < -0.39 is 0 Å². The third kappa shape index (κ3) is 1900. The molecule has 0 spiro atoms. The van der Waals surface area contributed by atoms with Crippen molar-refractivity contribution in [1.29, 1.82) is 0 Å². The van der Waals surface area contributed by atoms with Crippen LogP contribution in [0.15, 0.2) is 0 Å². The van der Waals surface area contributed by atoms with E-state index in [0.29, 0.717) is 0 Å². The Balaban J connectivity index is 0. The van der Waals surface area contributed by atoms with E-state index in [2.05, 4.69) is 0 Å². The third-order valence-corrected chi connectivity index (χ3v) is 0. The van der Waals surface area contributed by atoms with Crippen LogP contribution in [-0.4, -0.2) is 121 Å². The van der Waals surface area contributed by atoms with Gasteiger partial charge in [-0.1, -0.05) is 0 Å². The fourth-order valence-corrected chi connectivity index (χ4v) is 0. The molecule has 0 aliphatic heterocycles. The van der Waals surface area contributed by atoms with Gasteiger partial charge >= 0.3 is 125 Å². The molecule has 0 saturated carbocycles. The Bertz CT molecular complexity index is 41.5. The molecule has 0 fully saturated rings. The number of hydrogen-bond acceptors (Lipinski definition) is 19. The molecule has 0 aromatic heterocycles. The van der Waals surface area contributed by atoms with Crippen molar-refractivity contribution in [3.8, 4) is 0 Å². The van der Waals surface area contributed by atoms with Gasteiger partial charge in [-0.05, 0) is 0 Å². The molecule has 0 amide bonds. The summed E-state index contributed by atoms with van der Waals surface area (Å²) in [5.41, 5.74) is 0. The van der Waals surface area contributed by atoms with E-state index in [1.54, 1.807) is 0 Å². The quantitative estimate of drug-likeness (QED) is 0.215. The molecule has 19 N–H and O–H groups in total. The average molecular weight is 741 g/mol. The second kappa shape index (κ2) is 2120. The van der Waals surface area contributed by atoms with E-state index in [4.69, 9.17) is 0 Å². The summed E-state index contributed by atoms with van der Waals surface area (Å²) in [5, 5.41) is 0. The first-order valence-corrected chi connectivity index (χ1v) is 0. The molecular formula is H19AlCoFeNiO19RuVZn. The van der Waals surface area contributed by atoms with Gasteiger partial charge in [0.15, 0.2) is 0 Å². The van der Waals surface area contributed by atoms with E-state index in [1.165, 1.54) is 0 Å². The summed E-state index contributed by atoms with van der Waals surface area (Å²) >= 11 is 0. The minimum absolute atomic E-state index is 0. The van der Waals surface area contributed by atoms with Gasteiger partial charge in [-0.3, -0.25) is 0 Å². The second-order valence-corrected chi connectivity index (χ2v) is 0. The fourth-order valence-electron chi connectivity index (χ4n) is 0. The van der Waals surface area contributed by atoms with Crippen molar-refractivity contribution in [3.05, 3.63) is 0 Å². The molecule has 0 bridgehead atoms. The van der Waals surface area contributed by atoms with Gasteiger partial charge in [-0.2, -0.15) is 0 Å². The van der Waals surface area contributed by atoms with Crippen LogP contribution in [0.2, 0.25) is 0 Å². The van der Waals surface area contributed by atoms with Gasteiger partial charge in [-0.25, -0.2) is 0 Å². The van der Waals surface area contributed by atoms with Crippen molar-refractivity contribution in [3.63, 3.8) is 0 Å². The van der Waals surface area contributed by atoms with Crippen LogP contribution in [0.1, 0.15) is 0 Å². The van der Waals surface area contributed by atoms with Crippen molar-refractivity contribution in [2.75, 3.05) is 0 Å². The zero-order chi connectivity index (χ0) is 0. The first-order valence-electron chi connectivity index (χ1n) is 0. The zero-order valence-electron chi connectivity index (χ0n) is 11.6. The zero-order valence-corrected chi connectivity index (χ0v) is 22.0. The van der Waals surface area contributed by atoms with Crippen LogP contribution >= 0.6 is 0 Å². The summed E-state index contributed by atoms with van der Waals surface area (Å²) in [4.78, 5) is 0. The van der Waals surface area contributed by atoms with Gasteiger partial charge in [0.2, 0.25) is 0 Å². The Labute approximate surface area is 227 Å². The van der Waals surface area contributed by atoms with E-state index >= 15 is 0 Å². The summed E-state index contributed by atoms with van der Waals surface area (Å²) in [6, 6.07) is 0. The first kappa shape index (κ1) is 2360. The van der Waals surface area contributed by atoms with Gasteiger partial charge in [0.25, 0.3) is 0 Å². The molecule has 0 atom stereocenters. The predicted octanol–water partition coefficient (Wildman–Crippen LogP) is -3.76. The van der Waals surface area contributed by atoms with E-state index in [0.717, 1.165) is 0 Å². The Morgan fingerprint density at radius 2 is 0.308 bits per heavy atom. The Kier molecular flexibility index (Phi) is 193000. The van der Waals surface area contributed by atoms with Crippen molar-refractivity contribution >= 4 is 17.4 Å².